The van der Waals surface area contributed by atoms with Gasteiger partial charge in [-0.3, -0.25) is 4.79 Å². The predicted molar refractivity (Wildman–Crippen MR) is 125 cm³/mol. The van der Waals surface area contributed by atoms with Crippen molar-refractivity contribution in [3.05, 3.63) is 46.4 Å². The number of carbonyl (C=O) groups excluding carboxylic acids is 1. The molecule has 10 heteroatoms. The molecule has 0 aliphatic carbocycles. The standard InChI is InChI=1S/C22H25Cl3O6S/c1-4-14(2)12-29-21-7-5-17(9-19(21)24)32(27,28)18-6-8-22(20(25)10-18)30-13-16(11-23)31-15(3)26/h5-10,14,16H,4,11-13H2,1-3H3/t14-,16+/m1/s1. The van der Waals surface area contributed by atoms with E-state index in [2.05, 4.69) is 13.8 Å². The van der Waals surface area contributed by atoms with E-state index in [4.69, 9.17) is 49.0 Å². The lowest BCUT2D eigenvalue weighted by Crippen LogP contribution is -2.25. The van der Waals surface area contributed by atoms with Gasteiger partial charge in [0.1, 0.15) is 24.2 Å². The van der Waals surface area contributed by atoms with Gasteiger partial charge in [-0.05, 0) is 42.3 Å². The van der Waals surface area contributed by atoms with Crippen molar-refractivity contribution in [2.45, 2.75) is 43.1 Å². The Kier molecular flexibility index (Phi) is 9.95. The molecule has 0 fully saturated rings. The SMILES string of the molecule is CC[C@@H](C)COc1ccc(S(=O)(=O)c2ccc(OC[C@H](CCl)OC(C)=O)c(Cl)c2)cc1Cl. The highest BCUT2D eigenvalue weighted by atomic mass is 35.5. The van der Waals surface area contributed by atoms with Gasteiger partial charge in [0.25, 0.3) is 0 Å². The van der Waals surface area contributed by atoms with Crippen molar-refractivity contribution in [3.63, 3.8) is 0 Å². The number of halogens is 3. The van der Waals surface area contributed by atoms with Crippen molar-refractivity contribution in [2.75, 3.05) is 19.1 Å². The lowest BCUT2D eigenvalue weighted by molar-refractivity contribution is -0.146. The van der Waals surface area contributed by atoms with Crippen LogP contribution in [0.3, 0.4) is 0 Å². The highest BCUT2D eigenvalue weighted by Gasteiger charge is 2.21. The maximum Gasteiger partial charge on any atom is 0.303 e. The summed E-state index contributed by atoms with van der Waals surface area (Å²) in [6.45, 7) is 5.84. The molecule has 0 heterocycles. The Morgan fingerprint density at radius 1 is 0.969 bits per heavy atom. The molecule has 32 heavy (non-hydrogen) atoms. The highest BCUT2D eigenvalue weighted by Crippen LogP contribution is 2.33. The Morgan fingerprint density at radius 3 is 1.88 bits per heavy atom. The van der Waals surface area contributed by atoms with Gasteiger partial charge >= 0.3 is 5.97 Å². The molecule has 0 bridgehead atoms. The number of benzene rings is 2. The zero-order valence-corrected chi connectivity index (χ0v) is 21.0. The quantitative estimate of drug-likeness (QED) is 0.273. The van der Waals surface area contributed by atoms with E-state index in [1.54, 1.807) is 0 Å². The maximum absolute atomic E-state index is 13.0. The third-order valence-electron chi connectivity index (χ3n) is 4.58. The number of alkyl halides is 1. The Labute approximate surface area is 203 Å². The first-order valence-corrected chi connectivity index (χ1v) is 12.7. The van der Waals surface area contributed by atoms with Crippen LogP contribution in [0.1, 0.15) is 27.2 Å². The van der Waals surface area contributed by atoms with Crippen molar-refractivity contribution in [2.24, 2.45) is 5.92 Å². The second-order valence-corrected chi connectivity index (χ2v) is 10.3. The summed E-state index contributed by atoms with van der Waals surface area (Å²) < 4.78 is 42.3. The Morgan fingerprint density at radius 2 is 1.47 bits per heavy atom. The van der Waals surface area contributed by atoms with Crippen LogP contribution in [-0.2, 0) is 19.4 Å². The van der Waals surface area contributed by atoms with E-state index in [1.165, 1.54) is 43.3 Å². The van der Waals surface area contributed by atoms with Crippen LogP contribution in [0.25, 0.3) is 0 Å². The summed E-state index contributed by atoms with van der Waals surface area (Å²) in [6, 6.07) is 8.42. The van der Waals surface area contributed by atoms with Gasteiger partial charge in [-0.2, -0.15) is 0 Å². The van der Waals surface area contributed by atoms with E-state index >= 15 is 0 Å². The molecule has 2 rings (SSSR count). The number of rotatable bonds is 11. The van der Waals surface area contributed by atoms with E-state index in [0.717, 1.165) is 6.42 Å². The Balaban J connectivity index is 2.17. The largest absolute Gasteiger partial charge is 0.492 e. The average molecular weight is 524 g/mol. The van der Waals surface area contributed by atoms with Crippen molar-refractivity contribution < 1.29 is 27.4 Å². The summed E-state index contributed by atoms with van der Waals surface area (Å²) in [7, 11) is -3.88. The second kappa shape index (κ2) is 12.0. The fourth-order valence-electron chi connectivity index (χ4n) is 2.55. The summed E-state index contributed by atoms with van der Waals surface area (Å²) >= 11 is 18.2. The number of carbonyl (C=O) groups is 1. The molecule has 176 valence electrons. The summed E-state index contributed by atoms with van der Waals surface area (Å²) in [5.41, 5.74) is 0. The molecule has 0 saturated heterocycles. The van der Waals surface area contributed by atoms with Gasteiger partial charge in [-0.1, -0.05) is 43.5 Å². The molecule has 2 aromatic carbocycles. The summed E-state index contributed by atoms with van der Waals surface area (Å²) in [5, 5.41) is 0.292. The van der Waals surface area contributed by atoms with Crippen molar-refractivity contribution >= 4 is 50.6 Å². The van der Waals surface area contributed by atoms with E-state index in [1.807, 2.05) is 0 Å². The zero-order chi connectivity index (χ0) is 23.9. The first-order chi connectivity index (χ1) is 15.1. The minimum Gasteiger partial charge on any atom is -0.492 e. The van der Waals surface area contributed by atoms with Gasteiger partial charge in [-0.15, -0.1) is 11.6 Å². The molecule has 0 radical (unpaired) electrons. The van der Waals surface area contributed by atoms with Crippen LogP contribution in [0.4, 0.5) is 0 Å². The van der Waals surface area contributed by atoms with Gasteiger partial charge in [-0.25, -0.2) is 8.42 Å². The maximum atomic E-state index is 13.0. The predicted octanol–water partition coefficient (Wildman–Crippen LogP) is 5.80. The molecule has 0 aromatic heterocycles. The number of sulfone groups is 1. The number of esters is 1. The molecule has 0 saturated carbocycles. The average Bonchev–Trinajstić information content (AvgIpc) is 2.75. The molecule has 6 nitrogen and oxygen atoms in total. The van der Waals surface area contributed by atoms with Crippen LogP contribution in [0, 0.1) is 5.92 Å². The molecule has 0 aliphatic rings. The summed E-state index contributed by atoms with van der Waals surface area (Å²) in [6.07, 6.45) is 0.303. The van der Waals surface area contributed by atoms with Gasteiger partial charge < -0.3 is 14.2 Å². The van der Waals surface area contributed by atoms with Gasteiger partial charge in [0.2, 0.25) is 9.84 Å². The van der Waals surface area contributed by atoms with Gasteiger partial charge in [0, 0.05) is 6.92 Å². The molecule has 0 aliphatic heterocycles. The lowest BCUT2D eigenvalue weighted by Gasteiger charge is -2.16. The van der Waals surface area contributed by atoms with Crippen LogP contribution in [0.15, 0.2) is 46.2 Å². The number of ether oxygens (including phenoxy) is 3. The third kappa shape index (κ3) is 7.17. The van der Waals surface area contributed by atoms with E-state index in [-0.39, 0.29) is 38.1 Å². The second-order valence-electron chi connectivity index (χ2n) is 7.21. The van der Waals surface area contributed by atoms with Gasteiger partial charge in [0.05, 0.1) is 32.3 Å². The fourth-order valence-corrected chi connectivity index (χ4v) is 4.61. The minimum atomic E-state index is -3.88. The molecule has 0 unspecified atom stereocenters. The molecule has 0 spiro atoms. The smallest absolute Gasteiger partial charge is 0.303 e. The molecular weight excluding hydrogens is 499 g/mol. The molecular formula is C22H25Cl3O6S. The van der Waals surface area contributed by atoms with Gasteiger partial charge in [0.15, 0.2) is 0 Å². The van der Waals surface area contributed by atoms with Crippen LogP contribution in [0.2, 0.25) is 10.0 Å². The molecule has 0 amide bonds. The highest BCUT2D eigenvalue weighted by molar-refractivity contribution is 7.91. The van der Waals surface area contributed by atoms with E-state index in [9.17, 15) is 13.2 Å². The first kappa shape index (κ1) is 26.6. The van der Waals surface area contributed by atoms with E-state index in [0.29, 0.717) is 18.3 Å². The number of hydrogen-bond acceptors (Lipinski definition) is 6. The summed E-state index contributed by atoms with van der Waals surface area (Å²) in [5.74, 6) is 0.573. The monoisotopic (exact) mass is 522 g/mol. The van der Waals surface area contributed by atoms with E-state index < -0.39 is 21.9 Å². The van der Waals surface area contributed by atoms with Crippen LogP contribution >= 0.6 is 34.8 Å². The minimum absolute atomic E-state index is 0.0141. The van der Waals surface area contributed by atoms with Crippen LogP contribution in [-0.4, -0.2) is 39.6 Å². The molecule has 0 N–H and O–H groups in total. The van der Waals surface area contributed by atoms with Crippen molar-refractivity contribution in [1.82, 2.24) is 0 Å². The van der Waals surface area contributed by atoms with Crippen molar-refractivity contribution in [1.29, 1.82) is 0 Å². The molecule has 2 atom stereocenters. The summed E-state index contributed by atoms with van der Waals surface area (Å²) in [4.78, 5) is 11.1. The lowest BCUT2D eigenvalue weighted by atomic mass is 10.1. The fraction of sp³-hybridized carbons (Fsp3) is 0.409. The number of hydrogen-bond donors (Lipinski definition) is 0. The molecule has 2 aromatic rings. The Hall–Kier alpha value is -1.67. The van der Waals surface area contributed by atoms with Crippen LogP contribution < -0.4 is 9.47 Å². The topological polar surface area (TPSA) is 78.9 Å². The Bertz CT molecular complexity index is 1040. The van der Waals surface area contributed by atoms with Crippen molar-refractivity contribution in [3.8, 4) is 11.5 Å². The van der Waals surface area contributed by atoms with Crippen LogP contribution in [0.5, 0.6) is 11.5 Å². The third-order valence-corrected chi connectivity index (χ3v) is 7.26. The normalized spacial score (nSPS) is 13.3. The zero-order valence-electron chi connectivity index (χ0n) is 17.9. The first-order valence-electron chi connectivity index (χ1n) is 9.91.